The van der Waals surface area contributed by atoms with Crippen LogP contribution in [0.4, 0.5) is 0 Å². The van der Waals surface area contributed by atoms with Gasteiger partial charge in [0.1, 0.15) is 0 Å². The first-order valence-corrected chi connectivity index (χ1v) is 9.65. The largest absolute Gasteiger partial charge is 0.271 e. The Kier molecular flexibility index (Phi) is 6.41. The molecule has 0 fully saturated rings. The summed E-state index contributed by atoms with van der Waals surface area (Å²) in [6.07, 6.45) is 0. The predicted octanol–water partition coefficient (Wildman–Crippen LogP) is 3.40. The van der Waals surface area contributed by atoms with Gasteiger partial charge in [0, 0.05) is 30.2 Å². The van der Waals surface area contributed by atoms with Gasteiger partial charge in [0.25, 0.3) is 5.91 Å². The molecule has 0 aliphatic rings. The number of rotatable bonds is 5. The summed E-state index contributed by atoms with van der Waals surface area (Å²) in [5.41, 5.74) is 3.68. The molecule has 138 valence electrons. The molecule has 0 radical (unpaired) electrons. The number of benzene rings is 2. The Bertz CT molecular complexity index is 973. The Morgan fingerprint density at radius 3 is 2.42 bits per heavy atom. The van der Waals surface area contributed by atoms with E-state index in [1.807, 2.05) is 0 Å². The third kappa shape index (κ3) is 4.62. The molecule has 0 aliphatic carbocycles. The summed E-state index contributed by atoms with van der Waals surface area (Å²) in [5.74, 6) is -0.537. The quantitative estimate of drug-likeness (QED) is 0.602. The summed E-state index contributed by atoms with van der Waals surface area (Å²) in [7, 11) is -0.785. The number of carbonyl (C=O) groups is 1. The van der Waals surface area contributed by atoms with Crippen molar-refractivity contribution in [2.24, 2.45) is 5.10 Å². The molecular weight excluding hydrogens is 397 g/mol. The van der Waals surface area contributed by atoms with Gasteiger partial charge in [0.2, 0.25) is 10.0 Å². The minimum atomic E-state index is -3.63. The van der Waals surface area contributed by atoms with Crippen molar-refractivity contribution in [3.63, 3.8) is 0 Å². The van der Waals surface area contributed by atoms with Crippen LogP contribution >= 0.6 is 23.2 Å². The third-order valence-electron chi connectivity index (χ3n) is 3.52. The van der Waals surface area contributed by atoms with Crippen LogP contribution in [-0.4, -0.2) is 38.4 Å². The van der Waals surface area contributed by atoms with E-state index in [-0.39, 0.29) is 10.5 Å². The van der Waals surface area contributed by atoms with Crippen LogP contribution in [0.3, 0.4) is 0 Å². The van der Waals surface area contributed by atoms with E-state index in [0.717, 1.165) is 4.31 Å². The number of amides is 1. The smallest absolute Gasteiger partial charge is 0.267 e. The number of halogens is 2. The normalized spacial score (nSPS) is 12.3. The maximum Gasteiger partial charge on any atom is 0.271 e. The van der Waals surface area contributed by atoms with Gasteiger partial charge in [-0.3, -0.25) is 4.79 Å². The fraction of sp³-hybridized carbons (Fsp3) is 0.176. The molecule has 0 spiro atoms. The summed E-state index contributed by atoms with van der Waals surface area (Å²) in [5, 5.41) is 4.92. The van der Waals surface area contributed by atoms with Crippen molar-refractivity contribution in [2.45, 2.75) is 11.8 Å². The summed E-state index contributed by atoms with van der Waals surface area (Å²) in [6.45, 7) is 1.68. The Morgan fingerprint density at radius 2 is 1.81 bits per heavy atom. The van der Waals surface area contributed by atoms with Gasteiger partial charge in [0.05, 0.1) is 15.6 Å². The van der Waals surface area contributed by atoms with E-state index < -0.39 is 15.9 Å². The highest BCUT2D eigenvalue weighted by atomic mass is 35.5. The van der Waals surface area contributed by atoms with Crippen molar-refractivity contribution in [1.82, 2.24) is 9.73 Å². The zero-order valence-electron chi connectivity index (χ0n) is 14.3. The van der Waals surface area contributed by atoms with E-state index >= 15 is 0 Å². The lowest BCUT2D eigenvalue weighted by Crippen LogP contribution is -2.23. The summed E-state index contributed by atoms with van der Waals surface area (Å²) in [6, 6.07) is 10.7. The first kappa shape index (κ1) is 20.4. The Hall–Kier alpha value is -1.93. The highest BCUT2D eigenvalue weighted by molar-refractivity contribution is 7.89. The van der Waals surface area contributed by atoms with E-state index in [0.29, 0.717) is 21.3 Å². The average molecular weight is 414 g/mol. The summed E-state index contributed by atoms with van der Waals surface area (Å²) >= 11 is 12.0. The topological polar surface area (TPSA) is 78.8 Å². The van der Waals surface area contributed by atoms with Crippen LogP contribution in [0.5, 0.6) is 0 Å². The van der Waals surface area contributed by atoms with Crippen LogP contribution in [0.15, 0.2) is 52.5 Å². The van der Waals surface area contributed by atoms with Crippen LogP contribution in [0.1, 0.15) is 22.8 Å². The zero-order chi connectivity index (χ0) is 19.5. The van der Waals surface area contributed by atoms with Crippen molar-refractivity contribution in [2.75, 3.05) is 14.1 Å². The van der Waals surface area contributed by atoms with Gasteiger partial charge in [-0.1, -0.05) is 35.3 Å². The lowest BCUT2D eigenvalue weighted by atomic mass is 10.1. The highest BCUT2D eigenvalue weighted by Gasteiger charge is 2.18. The number of hydrogen-bond acceptors (Lipinski definition) is 4. The van der Waals surface area contributed by atoms with Crippen LogP contribution in [-0.2, 0) is 10.0 Å². The molecule has 0 aromatic heterocycles. The molecule has 0 atom stereocenters. The van der Waals surface area contributed by atoms with Crippen LogP contribution in [0.2, 0.25) is 10.0 Å². The highest BCUT2D eigenvalue weighted by Crippen LogP contribution is 2.21. The molecule has 9 heteroatoms. The second-order valence-corrected chi connectivity index (χ2v) is 8.57. The van der Waals surface area contributed by atoms with Crippen molar-refractivity contribution in [3.8, 4) is 0 Å². The molecule has 6 nitrogen and oxygen atoms in total. The number of nitrogens with one attached hydrogen (secondary N) is 1. The maximum absolute atomic E-state index is 12.3. The van der Waals surface area contributed by atoms with Gasteiger partial charge in [-0.25, -0.2) is 18.1 Å². The molecule has 0 saturated heterocycles. The number of carbonyl (C=O) groups excluding carboxylic acids is 1. The molecular formula is C17H17Cl2N3O3S. The molecule has 0 heterocycles. The van der Waals surface area contributed by atoms with E-state index in [1.54, 1.807) is 25.1 Å². The Balaban J connectivity index is 2.23. The molecule has 0 unspecified atom stereocenters. The average Bonchev–Trinajstić information content (AvgIpc) is 2.59. The van der Waals surface area contributed by atoms with E-state index in [4.69, 9.17) is 23.2 Å². The first-order valence-electron chi connectivity index (χ1n) is 7.45. The number of nitrogens with zero attached hydrogens (tertiary/aromatic N) is 2. The van der Waals surface area contributed by atoms with E-state index in [2.05, 4.69) is 10.5 Å². The van der Waals surface area contributed by atoms with Crippen molar-refractivity contribution < 1.29 is 13.2 Å². The van der Waals surface area contributed by atoms with Crippen LogP contribution in [0, 0.1) is 0 Å². The first-order chi connectivity index (χ1) is 12.1. The van der Waals surface area contributed by atoms with E-state index in [9.17, 15) is 13.2 Å². The molecule has 1 N–H and O–H groups in total. The fourth-order valence-corrected chi connectivity index (χ4v) is 3.54. The number of sulfonamides is 1. The second kappa shape index (κ2) is 8.18. The minimum Gasteiger partial charge on any atom is -0.267 e. The Labute approximate surface area is 162 Å². The van der Waals surface area contributed by atoms with Gasteiger partial charge >= 0.3 is 0 Å². The standard InChI is InChI=1S/C17H17Cl2N3O3S/c1-11(15-8-7-13(18)10-16(15)19)20-21-17(23)12-5-4-6-14(9-12)26(24,25)22(2)3/h4-10H,1-3H3,(H,21,23)/b20-11-. The summed E-state index contributed by atoms with van der Waals surface area (Å²) in [4.78, 5) is 12.3. The molecule has 2 aromatic rings. The van der Waals surface area contributed by atoms with Gasteiger partial charge in [-0.05, 0) is 37.3 Å². The van der Waals surface area contributed by atoms with Gasteiger partial charge in [-0.2, -0.15) is 5.10 Å². The van der Waals surface area contributed by atoms with Crippen molar-refractivity contribution in [3.05, 3.63) is 63.6 Å². The molecule has 0 saturated carbocycles. The molecule has 26 heavy (non-hydrogen) atoms. The van der Waals surface area contributed by atoms with Crippen molar-refractivity contribution >= 4 is 44.8 Å². The Morgan fingerprint density at radius 1 is 1.12 bits per heavy atom. The molecule has 2 rings (SSSR count). The van der Waals surface area contributed by atoms with E-state index in [1.165, 1.54) is 38.4 Å². The number of hydrogen-bond donors (Lipinski definition) is 1. The molecule has 2 aromatic carbocycles. The molecule has 0 bridgehead atoms. The van der Waals surface area contributed by atoms with Crippen LogP contribution in [0.25, 0.3) is 0 Å². The molecule has 0 aliphatic heterocycles. The third-order valence-corrected chi connectivity index (χ3v) is 5.88. The molecule has 1 amide bonds. The summed E-state index contributed by atoms with van der Waals surface area (Å²) < 4.78 is 25.4. The fourth-order valence-electron chi connectivity index (χ4n) is 2.05. The van der Waals surface area contributed by atoms with Crippen LogP contribution < -0.4 is 5.43 Å². The van der Waals surface area contributed by atoms with Gasteiger partial charge < -0.3 is 0 Å². The van der Waals surface area contributed by atoms with Crippen molar-refractivity contribution in [1.29, 1.82) is 0 Å². The predicted molar refractivity (Wildman–Crippen MR) is 103 cm³/mol. The maximum atomic E-state index is 12.3. The lowest BCUT2D eigenvalue weighted by molar-refractivity contribution is 0.0954. The van der Waals surface area contributed by atoms with Gasteiger partial charge in [-0.15, -0.1) is 0 Å². The number of hydrazone groups is 1. The minimum absolute atomic E-state index is 0.0246. The monoisotopic (exact) mass is 413 g/mol. The zero-order valence-corrected chi connectivity index (χ0v) is 16.7. The SMILES string of the molecule is C/C(=N/NC(=O)c1cccc(S(=O)(=O)N(C)C)c1)c1ccc(Cl)cc1Cl. The lowest BCUT2D eigenvalue weighted by Gasteiger charge is -2.12. The van der Waals surface area contributed by atoms with Gasteiger partial charge in [0.15, 0.2) is 0 Å². The second-order valence-electron chi connectivity index (χ2n) is 5.58.